The maximum atomic E-state index is 12.8. The van der Waals surface area contributed by atoms with Crippen LogP contribution >= 0.6 is 0 Å². The van der Waals surface area contributed by atoms with Crippen LogP contribution in [0.2, 0.25) is 0 Å². The average Bonchev–Trinajstić information content (AvgIpc) is 2.64. The number of carbonyl (C=O) groups excluding carboxylic acids is 2. The summed E-state index contributed by atoms with van der Waals surface area (Å²) in [4.78, 5) is 33.1. The molecule has 0 aliphatic heterocycles. The molecule has 0 aliphatic carbocycles. The smallest absolute Gasteiger partial charge is 0.276 e. The lowest BCUT2D eigenvalue weighted by atomic mass is 10.2. The summed E-state index contributed by atoms with van der Waals surface area (Å²) in [5.41, 5.74) is 4.82. The molecule has 2 N–H and O–H groups in total. The van der Waals surface area contributed by atoms with Crippen molar-refractivity contribution >= 4 is 23.6 Å². The predicted octanol–water partition coefficient (Wildman–Crippen LogP) is 1.97. The van der Waals surface area contributed by atoms with Gasteiger partial charge in [-0.15, -0.1) is 0 Å². The molecule has 0 aromatic heterocycles. The van der Waals surface area contributed by atoms with Crippen LogP contribution < -0.4 is 15.6 Å². The van der Waals surface area contributed by atoms with E-state index in [2.05, 4.69) is 10.9 Å². The first-order chi connectivity index (χ1) is 12.4. The third-order valence-corrected chi connectivity index (χ3v) is 3.04. The molecule has 0 saturated heterocycles. The van der Waals surface area contributed by atoms with Gasteiger partial charge in [-0.1, -0.05) is 12.1 Å². The second-order valence-electron chi connectivity index (χ2n) is 4.96. The van der Waals surface area contributed by atoms with Gasteiger partial charge in [0.25, 0.3) is 17.5 Å². The number of nitrogens with zero attached hydrogens (tertiary/aromatic N) is 1. The van der Waals surface area contributed by atoms with E-state index in [4.69, 9.17) is 4.74 Å². The standard InChI is InChI=1S/C17H14FN3O5/c18-13-4-1-12(2-5-13)3-10-16(22)19-20-17(23)11-26-15-8-6-14(7-9-15)21(24)25/h1-10H,11H2,(H,19,22)(H,20,23). The van der Waals surface area contributed by atoms with Crippen LogP contribution in [0.5, 0.6) is 5.75 Å². The summed E-state index contributed by atoms with van der Waals surface area (Å²) in [7, 11) is 0. The summed E-state index contributed by atoms with van der Waals surface area (Å²) in [6.07, 6.45) is 2.62. The van der Waals surface area contributed by atoms with Gasteiger partial charge in [-0.3, -0.25) is 30.6 Å². The van der Waals surface area contributed by atoms with E-state index < -0.39 is 16.7 Å². The largest absolute Gasteiger partial charge is 0.484 e. The number of nitro benzene ring substituents is 1. The van der Waals surface area contributed by atoms with Crippen LogP contribution in [0.4, 0.5) is 10.1 Å². The number of ether oxygens (including phenoxy) is 1. The third kappa shape index (κ3) is 6.04. The number of hydrogen-bond donors (Lipinski definition) is 2. The topological polar surface area (TPSA) is 111 Å². The molecule has 0 saturated carbocycles. The molecule has 0 atom stereocenters. The van der Waals surface area contributed by atoms with Crippen molar-refractivity contribution in [2.24, 2.45) is 0 Å². The fourth-order valence-corrected chi connectivity index (χ4v) is 1.77. The minimum atomic E-state index is -0.619. The predicted molar refractivity (Wildman–Crippen MR) is 90.3 cm³/mol. The molecule has 2 aromatic rings. The molecule has 0 bridgehead atoms. The zero-order valence-corrected chi connectivity index (χ0v) is 13.3. The van der Waals surface area contributed by atoms with Crippen molar-refractivity contribution in [3.05, 3.63) is 76.1 Å². The van der Waals surface area contributed by atoms with Gasteiger partial charge in [0, 0.05) is 18.2 Å². The van der Waals surface area contributed by atoms with E-state index in [-0.39, 0.29) is 23.9 Å². The highest BCUT2D eigenvalue weighted by Crippen LogP contribution is 2.16. The number of benzene rings is 2. The van der Waals surface area contributed by atoms with E-state index >= 15 is 0 Å². The summed E-state index contributed by atoms with van der Waals surface area (Å²) in [5.74, 6) is -1.31. The summed E-state index contributed by atoms with van der Waals surface area (Å²) in [6.45, 7) is -0.389. The van der Waals surface area contributed by atoms with Crippen LogP contribution in [0.3, 0.4) is 0 Å². The zero-order valence-electron chi connectivity index (χ0n) is 13.3. The fraction of sp³-hybridized carbons (Fsp3) is 0.0588. The lowest BCUT2D eigenvalue weighted by Crippen LogP contribution is -2.43. The van der Waals surface area contributed by atoms with E-state index in [1.807, 2.05) is 0 Å². The van der Waals surface area contributed by atoms with Crippen LogP contribution in [0.1, 0.15) is 5.56 Å². The highest BCUT2D eigenvalue weighted by molar-refractivity contribution is 5.93. The van der Waals surface area contributed by atoms with Crippen molar-refractivity contribution in [3.8, 4) is 5.75 Å². The third-order valence-electron chi connectivity index (χ3n) is 3.04. The van der Waals surface area contributed by atoms with Gasteiger partial charge >= 0.3 is 0 Å². The van der Waals surface area contributed by atoms with Crippen molar-refractivity contribution in [2.45, 2.75) is 0 Å². The molecule has 0 spiro atoms. The van der Waals surface area contributed by atoms with Crippen LogP contribution in [0, 0.1) is 15.9 Å². The van der Waals surface area contributed by atoms with Crippen molar-refractivity contribution in [1.29, 1.82) is 0 Å². The SMILES string of the molecule is O=C(C=Cc1ccc(F)cc1)NNC(=O)COc1ccc([N+](=O)[O-])cc1. The normalized spacial score (nSPS) is 10.3. The van der Waals surface area contributed by atoms with Crippen molar-refractivity contribution in [1.82, 2.24) is 10.9 Å². The molecule has 0 aliphatic rings. The maximum absolute atomic E-state index is 12.8. The van der Waals surface area contributed by atoms with Crippen molar-refractivity contribution < 1.29 is 23.6 Å². The molecule has 0 unspecified atom stereocenters. The minimum Gasteiger partial charge on any atom is -0.484 e. The van der Waals surface area contributed by atoms with E-state index in [0.29, 0.717) is 5.56 Å². The summed E-state index contributed by atoms with van der Waals surface area (Å²) >= 11 is 0. The molecule has 2 amide bonds. The van der Waals surface area contributed by atoms with Crippen LogP contribution in [-0.2, 0) is 9.59 Å². The van der Waals surface area contributed by atoms with Gasteiger partial charge in [0.1, 0.15) is 11.6 Å². The van der Waals surface area contributed by atoms with E-state index in [0.717, 1.165) is 0 Å². The molecule has 2 rings (SSSR count). The Bertz CT molecular complexity index is 819. The lowest BCUT2D eigenvalue weighted by molar-refractivity contribution is -0.384. The number of non-ortho nitro benzene ring substituents is 1. The monoisotopic (exact) mass is 359 g/mol. The first kappa shape index (κ1) is 18.6. The first-order valence-electron chi connectivity index (χ1n) is 7.34. The average molecular weight is 359 g/mol. The highest BCUT2D eigenvalue weighted by atomic mass is 19.1. The number of nitrogens with one attached hydrogen (secondary N) is 2. The van der Waals surface area contributed by atoms with Gasteiger partial charge in [-0.05, 0) is 35.9 Å². The molecular formula is C17H14FN3O5. The molecule has 9 heteroatoms. The molecule has 2 aromatic carbocycles. The van der Waals surface area contributed by atoms with Crippen LogP contribution in [0.15, 0.2) is 54.6 Å². The molecular weight excluding hydrogens is 345 g/mol. The number of hydrogen-bond acceptors (Lipinski definition) is 5. The van der Waals surface area contributed by atoms with Crippen LogP contribution in [-0.4, -0.2) is 23.3 Å². The Morgan fingerprint density at radius 2 is 1.73 bits per heavy atom. The second-order valence-corrected chi connectivity index (χ2v) is 4.96. The number of carbonyl (C=O) groups is 2. The van der Waals surface area contributed by atoms with E-state index in [9.17, 15) is 24.1 Å². The summed E-state index contributed by atoms with van der Waals surface area (Å²) in [6, 6.07) is 10.7. The number of halogens is 1. The number of nitro groups is 1. The Kier molecular flexibility index (Phi) is 6.38. The summed E-state index contributed by atoms with van der Waals surface area (Å²) in [5, 5.41) is 10.5. The number of rotatable bonds is 6. The zero-order chi connectivity index (χ0) is 18.9. The molecule has 0 heterocycles. The second kappa shape index (κ2) is 8.92. The van der Waals surface area contributed by atoms with Gasteiger partial charge in [0.2, 0.25) is 0 Å². The fourth-order valence-electron chi connectivity index (χ4n) is 1.77. The minimum absolute atomic E-state index is 0.0954. The Hall–Kier alpha value is -3.75. The molecule has 134 valence electrons. The van der Waals surface area contributed by atoms with Gasteiger partial charge in [0.05, 0.1) is 4.92 Å². The Balaban J connectivity index is 1.73. The lowest BCUT2D eigenvalue weighted by Gasteiger charge is -2.07. The molecule has 26 heavy (non-hydrogen) atoms. The molecule has 0 fully saturated rings. The quantitative estimate of drug-likeness (QED) is 0.465. The first-order valence-corrected chi connectivity index (χ1v) is 7.34. The van der Waals surface area contributed by atoms with Crippen LogP contribution in [0.25, 0.3) is 6.08 Å². The number of amides is 2. The Morgan fingerprint density at radius 1 is 1.08 bits per heavy atom. The van der Waals surface area contributed by atoms with Crippen molar-refractivity contribution in [3.63, 3.8) is 0 Å². The van der Waals surface area contributed by atoms with Gasteiger partial charge in [-0.25, -0.2) is 4.39 Å². The molecule has 8 nitrogen and oxygen atoms in total. The summed E-state index contributed by atoms with van der Waals surface area (Å²) < 4.78 is 17.9. The molecule has 0 radical (unpaired) electrons. The maximum Gasteiger partial charge on any atom is 0.276 e. The van der Waals surface area contributed by atoms with Gasteiger partial charge < -0.3 is 4.74 Å². The van der Waals surface area contributed by atoms with Crippen molar-refractivity contribution in [2.75, 3.05) is 6.61 Å². The van der Waals surface area contributed by atoms with E-state index in [1.54, 1.807) is 0 Å². The van der Waals surface area contributed by atoms with Gasteiger partial charge in [-0.2, -0.15) is 0 Å². The Labute approximate surface area is 147 Å². The van der Waals surface area contributed by atoms with E-state index in [1.165, 1.54) is 60.7 Å². The number of hydrazine groups is 1. The highest BCUT2D eigenvalue weighted by Gasteiger charge is 2.07. The van der Waals surface area contributed by atoms with Gasteiger partial charge in [0.15, 0.2) is 6.61 Å². The Morgan fingerprint density at radius 3 is 2.35 bits per heavy atom.